The van der Waals surface area contributed by atoms with Gasteiger partial charge in [-0.25, -0.2) is 9.99 Å². The highest BCUT2D eigenvalue weighted by Crippen LogP contribution is 2.35. The summed E-state index contributed by atoms with van der Waals surface area (Å²) in [6.45, 7) is 1.45. The van der Waals surface area contributed by atoms with Crippen molar-refractivity contribution in [2.75, 3.05) is 19.2 Å². The van der Waals surface area contributed by atoms with Crippen molar-refractivity contribution in [2.24, 2.45) is 5.29 Å². The van der Waals surface area contributed by atoms with E-state index >= 15 is 0 Å². The molecule has 1 aromatic heterocycles. The van der Waals surface area contributed by atoms with Crippen molar-refractivity contribution in [1.82, 2.24) is 4.98 Å². The summed E-state index contributed by atoms with van der Waals surface area (Å²) in [6.07, 6.45) is 0. The van der Waals surface area contributed by atoms with E-state index in [-0.39, 0.29) is 11.6 Å². The van der Waals surface area contributed by atoms with E-state index in [0.717, 1.165) is 20.6 Å². The Balaban J connectivity index is 2.29. The summed E-state index contributed by atoms with van der Waals surface area (Å²) in [5.74, 6) is 0.724. The first-order valence-electron chi connectivity index (χ1n) is 8.48. The van der Waals surface area contributed by atoms with Gasteiger partial charge in [-0.2, -0.15) is 0 Å². The first-order valence-corrected chi connectivity index (χ1v) is 9.27. The zero-order chi connectivity index (χ0) is 20.3. The fourth-order valence-electron chi connectivity index (χ4n) is 2.92. The van der Waals surface area contributed by atoms with Gasteiger partial charge in [0.2, 0.25) is 0 Å². The van der Waals surface area contributed by atoms with Crippen LogP contribution in [0.15, 0.2) is 64.4 Å². The average molecular weight is 440 g/mol. The molecule has 2 aromatic carbocycles. The quantitative estimate of drug-likeness (QED) is 0.287. The maximum absolute atomic E-state index is 12.5. The van der Waals surface area contributed by atoms with Crippen LogP contribution in [-0.2, 0) is 0 Å². The summed E-state index contributed by atoms with van der Waals surface area (Å²) in [4.78, 5) is 28.2. The van der Waals surface area contributed by atoms with Crippen LogP contribution in [0.3, 0.4) is 0 Å². The van der Waals surface area contributed by atoms with Gasteiger partial charge in [-0.15, -0.1) is 4.91 Å². The fourth-order valence-corrected chi connectivity index (χ4v) is 3.18. The Morgan fingerprint density at radius 1 is 1.07 bits per heavy atom. The third-order valence-corrected chi connectivity index (χ3v) is 4.85. The molecule has 0 saturated heterocycles. The Kier molecular flexibility index (Phi) is 5.84. The van der Waals surface area contributed by atoms with Crippen molar-refractivity contribution in [2.45, 2.75) is 6.92 Å². The molecule has 3 aromatic rings. The minimum absolute atomic E-state index is 0.203. The molecular weight excluding hydrogens is 422 g/mol. The third kappa shape index (κ3) is 3.94. The molecule has 0 saturated carbocycles. The highest BCUT2D eigenvalue weighted by atomic mass is 79.9. The summed E-state index contributed by atoms with van der Waals surface area (Å²) in [5, 5.41) is 4.03. The molecule has 142 valence electrons. The number of halogens is 1. The van der Waals surface area contributed by atoms with Crippen molar-refractivity contribution in [3.8, 4) is 28.1 Å². The topological polar surface area (TPSA) is 71.9 Å². The van der Waals surface area contributed by atoms with Crippen molar-refractivity contribution in [1.29, 1.82) is 0 Å². The van der Waals surface area contributed by atoms with Crippen LogP contribution in [0, 0.1) is 4.91 Å². The number of carbonyl (C=O) groups excluding carboxylic acids is 1. The molecule has 0 N–H and O–H groups in total. The summed E-state index contributed by atoms with van der Waals surface area (Å²) in [6, 6.07) is 16.9. The van der Waals surface area contributed by atoms with Crippen molar-refractivity contribution < 1.29 is 9.53 Å². The summed E-state index contributed by atoms with van der Waals surface area (Å²) in [5.41, 5.74) is 3.32. The molecule has 3 rings (SSSR count). The average Bonchev–Trinajstić information content (AvgIpc) is 2.72. The molecule has 0 unspecified atom stereocenters. The monoisotopic (exact) mass is 439 g/mol. The number of carbonyl (C=O) groups is 1. The molecular formula is C21H18BrN3O3. The van der Waals surface area contributed by atoms with Crippen LogP contribution in [0.25, 0.3) is 22.4 Å². The van der Waals surface area contributed by atoms with Gasteiger partial charge < -0.3 is 4.74 Å². The van der Waals surface area contributed by atoms with Crippen LogP contribution in [-0.4, -0.2) is 24.9 Å². The Morgan fingerprint density at radius 3 is 2.21 bits per heavy atom. The molecule has 0 amide bonds. The second kappa shape index (κ2) is 8.31. The number of hydrogen-bond donors (Lipinski definition) is 0. The van der Waals surface area contributed by atoms with Crippen molar-refractivity contribution in [3.63, 3.8) is 0 Å². The number of aromatic nitrogens is 1. The Hall–Kier alpha value is -3.06. The van der Waals surface area contributed by atoms with Gasteiger partial charge in [-0.1, -0.05) is 40.2 Å². The molecule has 0 atom stereocenters. The van der Waals surface area contributed by atoms with Crippen molar-refractivity contribution in [3.05, 3.63) is 69.5 Å². The molecule has 0 fully saturated rings. The summed E-state index contributed by atoms with van der Waals surface area (Å²) >= 11 is 3.42. The molecule has 6 nitrogen and oxygen atoms in total. The first-order chi connectivity index (χ1) is 13.4. The van der Waals surface area contributed by atoms with E-state index in [1.807, 2.05) is 54.6 Å². The standard InChI is InChI=1S/C21H18BrN3O3/c1-13(26)20-18(14-6-10-17(28-3)11-7-14)12-19(23-21(20)25(2)24-27)15-4-8-16(22)9-5-15/h4-12H,1-3H3. The SMILES string of the molecule is COc1ccc(-c2cc(-c3ccc(Br)cc3)nc(N(C)N=O)c2C(C)=O)cc1. The lowest BCUT2D eigenvalue weighted by Gasteiger charge is -2.18. The minimum atomic E-state index is -0.203. The van der Waals surface area contributed by atoms with E-state index < -0.39 is 0 Å². The number of pyridine rings is 1. The molecule has 1 heterocycles. The van der Waals surface area contributed by atoms with Crippen molar-refractivity contribution >= 4 is 27.5 Å². The summed E-state index contributed by atoms with van der Waals surface area (Å²) in [7, 11) is 3.07. The van der Waals surface area contributed by atoms with E-state index in [4.69, 9.17) is 4.74 Å². The lowest BCUT2D eigenvalue weighted by Crippen LogP contribution is -2.15. The van der Waals surface area contributed by atoms with Crippen LogP contribution in [0.5, 0.6) is 5.75 Å². The largest absolute Gasteiger partial charge is 0.497 e. The zero-order valence-corrected chi connectivity index (χ0v) is 17.2. The molecule has 28 heavy (non-hydrogen) atoms. The Labute approximate surface area is 171 Å². The predicted molar refractivity (Wildman–Crippen MR) is 114 cm³/mol. The Bertz CT molecular complexity index is 1020. The van der Waals surface area contributed by atoms with Gasteiger partial charge in [0, 0.05) is 17.1 Å². The van der Waals surface area contributed by atoms with Gasteiger partial charge in [-0.3, -0.25) is 4.79 Å². The second-order valence-corrected chi connectivity index (χ2v) is 7.07. The van der Waals surface area contributed by atoms with Crippen LogP contribution in [0.4, 0.5) is 5.82 Å². The van der Waals surface area contributed by atoms with Crippen LogP contribution in [0.1, 0.15) is 17.3 Å². The maximum atomic E-state index is 12.5. The predicted octanol–water partition coefficient (Wildman–Crippen LogP) is 5.51. The molecule has 0 aliphatic carbocycles. The highest BCUT2D eigenvalue weighted by molar-refractivity contribution is 9.10. The molecule has 0 spiro atoms. The number of ketones is 1. The summed E-state index contributed by atoms with van der Waals surface area (Å²) < 4.78 is 6.16. The van der Waals surface area contributed by atoms with E-state index in [9.17, 15) is 9.70 Å². The first kappa shape index (κ1) is 19.7. The third-order valence-electron chi connectivity index (χ3n) is 4.32. The lowest BCUT2D eigenvalue weighted by atomic mass is 9.95. The minimum Gasteiger partial charge on any atom is -0.497 e. The Morgan fingerprint density at radius 2 is 1.68 bits per heavy atom. The number of rotatable bonds is 6. The van der Waals surface area contributed by atoms with Crippen LogP contribution < -0.4 is 9.75 Å². The lowest BCUT2D eigenvalue weighted by molar-refractivity contribution is 0.101. The molecule has 0 radical (unpaired) electrons. The maximum Gasteiger partial charge on any atom is 0.164 e. The molecule has 7 heteroatoms. The second-order valence-electron chi connectivity index (χ2n) is 6.15. The van der Waals surface area contributed by atoms with E-state index in [1.165, 1.54) is 14.0 Å². The van der Waals surface area contributed by atoms with Crippen LogP contribution in [0.2, 0.25) is 0 Å². The number of Topliss-reactive ketones (excluding diaryl/α,β-unsaturated/α-hetero) is 1. The number of nitroso groups, excluding NO2 is 1. The number of methoxy groups -OCH3 is 1. The van der Waals surface area contributed by atoms with E-state index in [1.54, 1.807) is 7.11 Å². The molecule has 0 bridgehead atoms. The van der Waals surface area contributed by atoms with Gasteiger partial charge in [0.1, 0.15) is 5.75 Å². The normalized spacial score (nSPS) is 10.4. The highest BCUT2D eigenvalue weighted by Gasteiger charge is 2.21. The fraction of sp³-hybridized carbons (Fsp3) is 0.143. The number of anilines is 1. The van der Waals surface area contributed by atoms with E-state index in [0.29, 0.717) is 22.6 Å². The van der Waals surface area contributed by atoms with Gasteiger partial charge >= 0.3 is 0 Å². The van der Waals surface area contributed by atoms with Gasteiger partial charge in [0.15, 0.2) is 11.6 Å². The van der Waals surface area contributed by atoms with E-state index in [2.05, 4.69) is 26.2 Å². The van der Waals surface area contributed by atoms with Gasteiger partial charge in [-0.05, 0) is 48.4 Å². The zero-order valence-electron chi connectivity index (χ0n) is 15.6. The number of benzene rings is 2. The van der Waals surface area contributed by atoms with Crippen LogP contribution >= 0.6 is 15.9 Å². The van der Waals surface area contributed by atoms with Gasteiger partial charge in [0.25, 0.3) is 0 Å². The molecule has 0 aliphatic rings. The number of ether oxygens (including phenoxy) is 1. The number of nitrogens with zero attached hydrogens (tertiary/aromatic N) is 3. The number of hydrogen-bond acceptors (Lipinski definition) is 5. The smallest absolute Gasteiger partial charge is 0.164 e. The van der Waals surface area contributed by atoms with Gasteiger partial charge in [0.05, 0.1) is 23.7 Å². The molecule has 0 aliphatic heterocycles.